The number of carbonyl (C=O) groups is 2. The quantitative estimate of drug-likeness (QED) is 0.457. The van der Waals surface area contributed by atoms with Crippen LogP contribution in [0.3, 0.4) is 0 Å². The molecule has 0 aromatic heterocycles. The maximum absolute atomic E-state index is 13.3. The summed E-state index contributed by atoms with van der Waals surface area (Å²) in [5.41, 5.74) is 4.48. The molecule has 3 aromatic carbocycles. The highest BCUT2D eigenvalue weighted by Gasteiger charge is 2.28. The average molecular weight is 518 g/mol. The van der Waals surface area contributed by atoms with Crippen LogP contribution >= 0.6 is 11.6 Å². The Morgan fingerprint density at radius 3 is 2.43 bits per heavy atom. The van der Waals surface area contributed by atoms with Crippen molar-refractivity contribution in [1.82, 2.24) is 4.90 Å². The summed E-state index contributed by atoms with van der Waals surface area (Å²) in [5, 5.41) is 0.712. The van der Waals surface area contributed by atoms with Crippen LogP contribution in [0.4, 0.5) is 11.4 Å². The lowest BCUT2D eigenvalue weighted by atomic mass is 9.86. The predicted octanol–water partition coefficient (Wildman–Crippen LogP) is 5.53. The van der Waals surface area contributed by atoms with Gasteiger partial charge in [0.25, 0.3) is 11.8 Å². The summed E-state index contributed by atoms with van der Waals surface area (Å²) in [7, 11) is 0. The van der Waals surface area contributed by atoms with Crippen molar-refractivity contribution < 1.29 is 14.3 Å². The number of hydrogen-bond acceptors (Lipinski definition) is 4. The first-order valence-electron chi connectivity index (χ1n) is 12.7. The van der Waals surface area contributed by atoms with Crippen LogP contribution in [0.5, 0.6) is 5.75 Å². The van der Waals surface area contributed by atoms with Crippen molar-refractivity contribution in [1.29, 1.82) is 0 Å². The van der Waals surface area contributed by atoms with Crippen molar-refractivity contribution in [2.75, 3.05) is 42.6 Å². The second-order valence-corrected chi connectivity index (χ2v) is 11.1. The molecule has 0 aliphatic carbocycles. The molecular formula is C30H32ClN3O3. The molecule has 3 aromatic rings. The largest absolute Gasteiger partial charge is 0.482 e. The molecule has 7 heteroatoms. The molecule has 0 bridgehead atoms. The topological polar surface area (TPSA) is 53.1 Å². The lowest BCUT2D eigenvalue weighted by Gasteiger charge is -2.36. The summed E-state index contributed by atoms with van der Waals surface area (Å²) < 4.78 is 5.70. The molecule has 2 aliphatic rings. The fourth-order valence-electron chi connectivity index (χ4n) is 4.85. The van der Waals surface area contributed by atoms with E-state index in [2.05, 4.69) is 31.7 Å². The number of amides is 2. The van der Waals surface area contributed by atoms with Gasteiger partial charge in [-0.3, -0.25) is 9.59 Å². The third-order valence-electron chi connectivity index (χ3n) is 7.02. The van der Waals surface area contributed by atoms with Gasteiger partial charge in [0.05, 0.1) is 12.2 Å². The zero-order valence-electron chi connectivity index (χ0n) is 21.5. The fraction of sp³-hybridized carbons (Fsp3) is 0.333. The summed E-state index contributed by atoms with van der Waals surface area (Å²) >= 11 is 6.15. The Kier molecular flexibility index (Phi) is 6.86. The van der Waals surface area contributed by atoms with E-state index in [-0.39, 0.29) is 23.8 Å². The minimum absolute atomic E-state index is 0.0105. The Balaban J connectivity index is 1.30. The van der Waals surface area contributed by atoms with Gasteiger partial charge >= 0.3 is 0 Å². The Morgan fingerprint density at radius 2 is 1.70 bits per heavy atom. The number of hydrogen-bond donors (Lipinski definition) is 0. The van der Waals surface area contributed by atoms with Gasteiger partial charge in [0.1, 0.15) is 5.75 Å². The standard InChI is InChI=1S/C30H32ClN3O3/c1-30(2,3)23-10-11-27-26(17-23)34(28(35)20-37-27)19-21-6-4-7-22(16-21)29(36)33-14-12-32(13-15-33)25-9-5-8-24(31)18-25/h4-11,16-18H,12-15,19-20H2,1-3H3. The number of fused-ring (bicyclic) bond motifs is 1. The molecule has 2 aliphatic heterocycles. The zero-order chi connectivity index (χ0) is 26.2. The molecule has 0 unspecified atom stereocenters. The SMILES string of the molecule is CC(C)(C)c1ccc2c(c1)N(Cc1cccc(C(=O)N3CCN(c4cccc(Cl)c4)CC3)c1)C(=O)CO2. The number of anilines is 2. The highest BCUT2D eigenvalue weighted by atomic mass is 35.5. The van der Waals surface area contributed by atoms with Gasteiger partial charge in [-0.25, -0.2) is 0 Å². The Bertz CT molecular complexity index is 1330. The van der Waals surface area contributed by atoms with Crippen molar-refractivity contribution in [2.45, 2.75) is 32.7 Å². The predicted molar refractivity (Wildman–Crippen MR) is 148 cm³/mol. The Labute approximate surface area is 223 Å². The Hall–Kier alpha value is -3.51. The van der Waals surface area contributed by atoms with Gasteiger partial charge in [-0.1, -0.05) is 56.6 Å². The summed E-state index contributed by atoms with van der Waals surface area (Å²) in [6.45, 7) is 9.62. The van der Waals surface area contributed by atoms with Crippen molar-refractivity contribution in [3.05, 3.63) is 88.4 Å². The van der Waals surface area contributed by atoms with Crippen molar-refractivity contribution in [3.8, 4) is 5.75 Å². The lowest BCUT2D eigenvalue weighted by Crippen LogP contribution is -2.48. The minimum atomic E-state index is -0.0903. The van der Waals surface area contributed by atoms with E-state index in [9.17, 15) is 9.59 Å². The molecule has 0 saturated carbocycles. The first-order chi connectivity index (χ1) is 17.7. The van der Waals surface area contributed by atoms with E-state index >= 15 is 0 Å². The second kappa shape index (κ2) is 10.1. The van der Waals surface area contributed by atoms with Gasteiger partial charge in [-0.15, -0.1) is 0 Å². The highest BCUT2D eigenvalue weighted by Crippen LogP contribution is 2.37. The monoisotopic (exact) mass is 517 g/mol. The van der Waals surface area contributed by atoms with Gasteiger partial charge < -0.3 is 19.4 Å². The number of piperazine rings is 1. The molecule has 0 N–H and O–H groups in total. The molecule has 1 fully saturated rings. The number of rotatable bonds is 4. The number of benzene rings is 3. The summed E-state index contributed by atoms with van der Waals surface area (Å²) in [4.78, 5) is 32.1. The van der Waals surface area contributed by atoms with E-state index < -0.39 is 0 Å². The van der Waals surface area contributed by atoms with Crippen molar-refractivity contribution >= 4 is 34.8 Å². The van der Waals surface area contributed by atoms with E-state index in [1.807, 2.05) is 65.6 Å². The molecule has 0 radical (unpaired) electrons. The molecule has 37 heavy (non-hydrogen) atoms. The van der Waals surface area contributed by atoms with Crippen molar-refractivity contribution in [3.63, 3.8) is 0 Å². The first kappa shape index (κ1) is 25.2. The molecule has 6 nitrogen and oxygen atoms in total. The van der Waals surface area contributed by atoms with Crippen LogP contribution in [0.1, 0.15) is 42.3 Å². The normalized spacial score (nSPS) is 15.9. The molecule has 2 amide bonds. The van der Waals surface area contributed by atoms with E-state index in [1.54, 1.807) is 4.90 Å². The van der Waals surface area contributed by atoms with Crippen LogP contribution in [0.2, 0.25) is 5.02 Å². The number of ether oxygens (including phenoxy) is 1. The molecule has 0 spiro atoms. The first-order valence-corrected chi connectivity index (χ1v) is 13.0. The highest BCUT2D eigenvalue weighted by molar-refractivity contribution is 6.30. The van der Waals surface area contributed by atoms with Gasteiger partial charge in [-0.05, 0) is 59.0 Å². The van der Waals surface area contributed by atoms with Crippen LogP contribution in [0.25, 0.3) is 0 Å². The zero-order valence-corrected chi connectivity index (χ0v) is 22.3. The molecular weight excluding hydrogens is 486 g/mol. The minimum Gasteiger partial charge on any atom is -0.482 e. The van der Waals surface area contributed by atoms with Crippen LogP contribution < -0.4 is 14.5 Å². The van der Waals surface area contributed by atoms with E-state index in [1.165, 1.54) is 0 Å². The molecule has 5 rings (SSSR count). The van der Waals surface area contributed by atoms with Crippen LogP contribution in [-0.2, 0) is 16.8 Å². The number of halogens is 1. The van der Waals surface area contributed by atoms with Gasteiger partial charge in [0.2, 0.25) is 0 Å². The lowest BCUT2D eigenvalue weighted by molar-refractivity contribution is -0.121. The van der Waals surface area contributed by atoms with Gasteiger partial charge in [0, 0.05) is 42.5 Å². The average Bonchev–Trinajstić information content (AvgIpc) is 2.89. The molecule has 2 heterocycles. The number of nitrogens with zero attached hydrogens (tertiary/aromatic N) is 3. The third kappa shape index (κ3) is 5.44. The van der Waals surface area contributed by atoms with Gasteiger partial charge in [-0.2, -0.15) is 0 Å². The van der Waals surface area contributed by atoms with E-state index in [0.29, 0.717) is 36.0 Å². The van der Waals surface area contributed by atoms with Crippen molar-refractivity contribution in [2.24, 2.45) is 0 Å². The summed E-state index contributed by atoms with van der Waals surface area (Å²) in [6, 6.07) is 21.5. The maximum Gasteiger partial charge on any atom is 0.265 e. The number of carbonyl (C=O) groups excluding carboxylic acids is 2. The summed E-state index contributed by atoms with van der Waals surface area (Å²) in [5.74, 6) is 0.626. The summed E-state index contributed by atoms with van der Waals surface area (Å²) in [6.07, 6.45) is 0. The van der Waals surface area contributed by atoms with E-state index in [0.717, 1.165) is 35.6 Å². The van der Waals surface area contributed by atoms with Crippen LogP contribution in [0, 0.1) is 0 Å². The third-order valence-corrected chi connectivity index (χ3v) is 7.26. The molecule has 0 atom stereocenters. The smallest absolute Gasteiger partial charge is 0.265 e. The molecule has 1 saturated heterocycles. The second-order valence-electron chi connectivity index (χ2n) is 10.7. The fourth-order valence-corrected chi connectivity index (χ4v) is 5.03. The Morgan fingerprint density at radius 1 is 0.946 bits per heavy atom. The van der Waals surface area contributed by atoms with E-state index in [4.69, 9.17) is 16.3 Å². The van der Waals surface area contributed by atoms with Crippen LogP contribution in [-0.4, -0.2) is 49.5 Å². The van der Waals surface area contributed by atoms with Gasteiger partial charge in [0.15, 0.2) is 6.61 Å². The van der Waals surface area contributed by atoms with Crippen LogP contribution in [0.15, 0.2) is 66.7 Å². The molecule has 192 valence electrons. The maximum atomic E-state index is 13.3.